The fourth-order valence-corrected chi connectivity index (χ4v) is 9.12. The van der Waals surface area contributed by atoms with Gasteiger partial charge in [-0.3, -0.25) is 4.57 Å². The van der Waals surface area contributed by atoms with Gasteiger partial charge < -0.3 is 8.82 Å². The molecule has 0 bridgehead atoms. The van der Waals surface area contributed by atoms with Gasteiger partial charge in [-0.2, -0.15) is 0 Å². The molecule has 0 saturated carbocycles. The van der Waals surface area contributed by atoms with Gasteiger partial charge in [0.25, 0.3) is 0 Å². The van der Waals surface area contributed by atoms with Crippen molar-refractivity contribution in [1.82, 2.24) is 18.9 Å². The zero-order chi connectivity index (χ0) is 34.4. The van der Waals surface area contributed by atoms with Crippen molar-refractivity contribution in [2.75, 3.05) is 0 Å². The van der Waals surface area contributed by atoms with Crippen LogP contribution in [0.1, 0.15) is 0 Å². The van der Waals surface area contributed by atoms with Gasteiger partial charge in [0, 0.05) is 43.3 Å². The van der Waals surface area contributed by atoms with E-state index in [4.69, 9.17) is 14.4 Å². The Bertz CT molecular complexity index is 3700. The van der Waals surface area contributed by atoms with E-state index in [1.54, 1.807) is 0 Å². The summed E-state index contributed by atoms with van der Waals surface area (Å²) in [6.45, 7) is 0. The van der Waals surface area contributed by atoms with Crippen molar-refractivity contribution in [1.29, 1.82) is 0 Å². The van der Waals surface area contributed by atoms with Crippen LogP contribution in [-0.4, -0.2) is 18.9 Å². The lowest BCUT2D eigenvalue weighted by Crippen LogP contribution is -2.03. The van der Waals surface area contributed by atoms with Crippen molar-refractivity contribution in [3.8, 4) is 17.2 Å². The topological polar surface area (TPSA) is 48.3 Å². The van der Waals surface area contributed by atoms with Crippen LogP contribution in [0.5, 0.6) is 0 Å². The van der Waals surface area contributed by atoms with Gasteiger partial charge in [0.2, 0.25) is 5.95 Å². The van der Waals surface area contributed by atoms with E-state index in [2.05, 4.69) is 148 Å². The summed E-state index contributed by atoms with van der Waals surface area (Å²) < 4.78 is 11.3. The first-order valence-electron chi connectivity index (χ1n) is 18.0. The van der Waals surface area contributed by atoms with Crippen LogP contribution in [0.2, 0.25) is 0 Å². The highest BCUT2D eigenvalue weighted by atomic mass is 16.3. The third kappa shape index (κ3) is 3.51. The number of aromatic nitrogens is 4. The second-order valence-corrected chi connectivity index (χ2v) is 14.2. The molecular formula is C48H26N4O. The quantitative estimate of drug-likeness (QED) is 0.183. The molecular weight excluding hydrogens is 649 g/mol. The van der Waals surface area contributed by atoms with E-state index in [0.717, 1.165) is 44.2 Å². The summed E-state index contributed by atoms with van der Waals surface area (Å²) in [4.78, 5) is 10.8. The molecule has 0 N–H and O–H groups in total. The van der Waals surface area contributed by atoms with Gasteiger partial charge in [-0.15, -0.1) is 0 Å². The van der Waals surface area contributed by atoms with Crippen LogP contribution in [0.4, 0.5) is 0 Å². The van der Waals surface area contributed by atoms with E-state index < -0.39 is 0 Å². The molecule has 8 aromatic carbocycles. The van der Waals surface area contributed by atoms with Gasteiger partial charge in [0.15, 0.2) is 5.58 Å². The highest BCUT2D eigenvalue weighted by molar-refractivity contribution is 6.36. The second kappa shape index (κ2) is 9.75. The van der Waals surface area contributed by atoms with Crippen LogP contribution in [0.3, 0.4) is 0 Å². The average Bonchev–Trinajstić information content (AvgIpc) is 3.94. The number of fused-ring (bicyclic) bond motifs is 15. The monoisotopic (exact) mass is 674 g/mol. The Morgan fingerprint density at radius 2 is 1.11 bits per heavy atom. The smallest absolute Gasteiger partial charge is 0.236 e. The number of furan rings is 1. The molecule has 5 aromatic heterocycles. The minimum atomic E-state index is 0.616. The molecule has 5 heteroatoms. The standard InChI is InChI=1S/C48H26N4O/c1-2-12-28-23-31(22-21-27(28)11-1)44-47-45(34-17-7-10-20-41(34)53-47)50-48(49-44)52-38-19-9-6-16-33(38)42-40(52)26-35-32-15-5-8-18-37(32)51-39-25-30-14-4-3-13-29(30)24-36(39)43(42)46(35)51/h1-26H. The average molecular weight is 675 g/mol. The molecule has 0 atom stereocenters. The van der Waals surface area contributed by atoms with Crippen LogP contribution in [-0.2, 0) is 0 Å². The van der Waals surface area contributed by atoms with E-state index in [-0.39, 0.29) is 0 Å². The Kier molecular flexibility index (Phi) is 5.06. The molecule has 0 aliphatic rings. The lowest BCUT2D eigenvalue weighted by atomic mass is 10.0. The zero-order valence-corrected chi connectivity index (χ0v) is 28.2. The Morgan fingerprint density at radius 1 is 0.434 bits per heavy atom. The van der Waals surface area contributed by atoms with E-state index in [1.807, 2.05) is 18.2 Å². The molecule has 244 valence electrons. The Hall–Kier alpha value is -7.24. The number of benzene rings is 8. The summed E-state index contributed by atoms with van der Waals surface area (Å²) in [7, 11) is 0. The van der Waals surface area contributed by atoms with Crippen molar-refractivity contribution in [3.63, 3.8) is 0 Å². The summed E-state index contributed by atoms with van der Waals surface area (Å²) in [6, 6.07) is 56.4. The maximum absolute atomic E-state index is 6.57. The Balaban J connectivity index is 1.23. The molecule has 0 aliphatic heterocycles. The molecule has 0 spiro atoms. The molecule has 53 heavy (non-hydrogen) atoms. The molecule has 0 unspecified atom stereocenters. The first-order chi connectivity index (χ1) is 26.3. The number of rotatable bonds is 2. The normalized spacial score (nSPS) is 12.5. The van der Waals surface area contributed by atoms with Crippen LogP contribution in [0.15, 0.2) is 162 Å². The van der Waals surface area contributed by atoms with Gasteiger partial charge in [-0.25, -0.2) is 9.97 Å². The largest absolute Gasteiger partial charge is 0.452 e. The zero-order valence-electron chi connectivity index (χ0n) is 28.2. The lowest BCUT2D eigenvalue weighted by Gasteiger charge is -2.10. The van der Waals surface area contributed by atoms with Gasteiger partial charge >= 0.3 is 0 Å². The van der Waals surface area contributed by atoms with Crippen LogP contribution in [0.25, 0.3) is 121 Å². The van der Waals surface area contributed by atoms with Crippen LogP contribution in [0, 0.1) is 0 Å². The molecule has 5 nitrogen and oxygen atoms in total. The SMILES string of the molecule is c1ccc2cc(-c3nc(-n4c5ccccc5c5c6c7cc8ccccc8cc7n7c8ccccc8c(cc54)c67)nc4c3oc3ccccc34)ccc2c1. The number of para-hydroxylation sites is 3. The van der Waals surface area contributed by atoms with Crippen molar-refractivity contribution in [3.05, 3.63) is 158 Å². The number of nitrogens with zero attached hydrogens (tertiary/aromatic N) is 4. The van der Waals surface area contributed by atoms with Crippen molar-refractivity contribution < 1.29 is 4.42 Å². The summed E-state index contributed by atoms with van der Waals surface area (Å²) >= 11 is 0. The molecule has 0 amide bonds. The van der Waals surface area contributed by atoms with Gasteiger partial charge in [0.05, 0.1) is 27.6 Å². The molecule has 13 rings (SSSR count). The first-order valence-corrected chi connectivity index (χ1v) is 18.0. The van der Waals surface area contributed by atoms with Crippen LogP contribution >= 0.6 is 0 Å². The van der Waals surface area contributed by atoms with Crippen molar-refractivity contribution in [2.45, 2.75) is 0 Å². The molecule has 0 fully saturated rings. The lowest BCUT2D eigenvalue weighted by molar-refractivity contribution is 0.666. The number of hydrogen-bond acceptors (Lipinski definition) is 3. The van der Waals surface area contributed by atoms with E-state index >= 15 is 0 Å². The summed E-state index contributed by atoms with van der Waals surface area (Å²) in [5, 5.41) is 13.1. The fraction of sp³-hybridized carbons (Fsp3) is 0. The third-order valence-corrected chi connectivity index (χ3v) is 11.4. The molecule has 5 heterocycles. The first kappa shape index (κ1) is 27.5. The van der Waals surface area contributed by atoms with E-state index in [1.165, 1.54) is 65.0 Å². The van der Waals surface area contributed by atoms with Gasteiger partial charge in [-0.1, -0.05) is 109 Å². The van der Waals surface area contributed by atoms with Crippen LogP contribution < -0.4 is 0 Å². The summed E-state index contributed by atoms with van der Waals surface area (Å²) in [5.74, 6) is 0.616. The minimum Gasteiger partial charge on any atom is -0.452 e. The van der Waals surface area contributed by atoms with Gasteiger partial charge in [0.1, 0.15) is 16.8 Å². The maximum Gasteiger partial charge on any atom is 0.236 e. The third-order valence-electron chi connectivity index (χ3n) is 11.4. The minimum absolute atomic E-state index is 0.616. The summed E-state index contributed by atoms with van der Waals surface area (Å²) in [5.41, 5.74) is 9.87. The van der Waals surface area contributed by atoms with Crippen molar-refractivity contribution in [2.24, 2.45) is 0 Å². The number of hydrogen-bond donors (Lipinski definition) is 0. The Morgan fingerprint density at radius 3 is 1.96 bits per heavy atom. The molecule has 13 aromatic rings. The predicted molar refractivity (Wildman–Crippen MR) is 219 cm³/mol. The fourth-order valence-electron chi connectivity index (χ4n) is 9.12. The Labute approximate surface area is 300 Å². The predicted octanol–water partition coefficient (Wildman–Crippen LogP) is 12.6. The van der Waals surface area contributed by atoms with Gasteiger partial charge in [-0.05, 0) is 70.1 Å². The summed E-state index contributed by atoms with van der Waals surface area (Å²) in [6.07, 6.45) is 0. The van der Waals surface area contributed by atoms with E-state index in [0.29, 0.717) is 11.5 Å². The molecule has 0 saturated heterocycles. The maximum atomic E-state index is 6.57. The molecule has 0 radical (unpaired) electrons. The van der Waals surface area contributed by atoms with E-state index in [9.17, 15) is 0 Å². The second-order valence-electron chi connectivity index (χ2n) is 14.2. The molecule has 0 aliphatic carbocycles. The van der Waals surface area contributed by atoms with Crippen molar-refractivity contribution >= 4 is 104 Å². The highest BCUT2D eigenvalue weighted by Gasteiger charge is 2.26. The highest BCUT2D eigenvalue weighted by Crippen LogP contribution is 2.47.